The van der Waals surface area contributed by atoms with E-state index in [-0.39, 0.29) is 17.8 Å². The monoisotopic (exact) mass is 531 g/mol. The van der Waals surface area contributed by atoms with Crippen molar-refractivity contribution >= 4 is 35.0 Å². The first-order valence-corrected chi connectivity index (χ1v) is 14.1. The Balaban J connectivity index is 1.14. The van der Waals surface area contributed by atoms with E-state index in [0.29, 0.717) is 35.3 Å². The van der Waals surface area contributed by atoms with Crippen LogP contribution in [0.4, 0.5) is 22.1 Å². The summed E-state index contributed by atoms with van der Waals surface area (Å²) in [5.41, 5.74) is 8.14. The molecule has 2 aliphatic heterocycles. The maximum Gasteiger partial charge on any atom is 0.320 e. The number of nitrogens with zero attached hydrogens (tertiary/aromatic N) is 5. The molecule has 2 saturated carbocycles. The van der Waals surface area contributed by atoms with Crippen LogP contribution in [0.25, 0.3) is 0 Å². The highest BCUT2D eigenvalue weighted by atomic mass is 16.2. The molecule has 3 N–H and O–H groups in total. The van der Waals surface area contributed by atoms with Gasteiger partial charge in [-0.05, 0) is 67.6 Å². The summed E-state index contributed by atoms with van der Waals surface area (Å²) in [6.07, 6.45) is 9.56. The fraction of sp³-hybridized carbons (Fsp3) is 0.552. The first kappa shape index (κ1) is 25.6. The molecule has 0 radical (unpaired) electrons. The van der Waals surface area contributed by atoms with Gasteiger partial charge in [0.2, 0.25) is 0 Å². The molecule has 2 saturated heterocycles. The first-order valence-electron chi connectivity index (χ1n) is 14.1. The topological polar surface area (TPSA) is 125 Å². The molecule has 10 heteroatoms. The molecule has 1 aromatic carbocycles. The molecule has 3 amide bonds. The van der Waals surface area contributed by atoms with Gasteiger partial charge >= 0.3 is 6.03 Å². The number of rotatable bonds is 6. The van der Waals surface area contributed by atoms with Gasteiger partial charge in [-0.25, -0.2) is 14.8 Å². The summed E-state index contributed by atoms with van der Waals surface area (Å²) in [6.45, 7) is 2.97. The summed E-state index contributed by atoms with van der Waals surface area (Å²) in [6, 6.07) is 8.50. The summed E-state index contributed by atoms with van der Waals surface area (Å²) < 4.78 is 0. The van der Waals surface area contributed by atoms with Crippen molar-refractivity contribution in [3.63, 3.8) is 0 Å². The van der Waals surface area contributed by atoms with Crippen LogP contribution in [-0.4, -0.2) is 76.8 Å². The average Bonchev–Trinajstić information content (AvgIpc) is 3.26. The molecule has 0 bridgehead atoms. The Kier molecular flexibility index (Phi) is 6.64. The van der Waals surface area contributed by atoms with Crippen LogP contribution in [0, 0.1) is 5.41 Å². The zero-order valence-corrected chi connectivity index (χ0v) is 22.6. The number of primary amides is 1. The second-order valence-corrected chi connectivity index (χ2v) is 11.8. The van der Waals surface area contributed by atoms with Crippen molar-refractivity contribution in [3.05, 3.63) is 41.7 Å². The number of amides is 3. The minimum atomic E-state index is -0.638. The Morgan fingerprint density at radius 1 is 1.05 bits per heavy atom. The van der Waals surface area contributed by atoms with E-state index < -0.39 is 5.91 Å². The van der Waals surface area contributed by atoms with Gasteiger partial charge in [0.1, 0.15) is 11.6 Å². The summed E-state index contributed by atoms with van der Waals surface area (Å²) in [5.74, 6) is 1.29. The molecule has 10 nitrogen and oxygen atoms in total. The number of nitrogens with two attached hydrogens (primary N) is 1. The fourth-order valence-corrected chi connectivity index (χ4v) is 6.90. The number of Topliss-reactive ketones (excluding diaryl/α,β-unsaturated/α-hetero) is 1. The predicted molar refractivity (Wildman–Crippen MR) is 148 cm³/mol. The number of carbonyl (C=O) groups excluding carboxylic acids is 3. The number of ketones is 1. The molecule has 1 spiro atoms. The normalized spacial score (nSPS) is 23.3. The number of hydrogen-bond acceptors (Lipinski definition) is 7. The highest BCUT2D eigenvalue weighted by molar-refractivity contribution is 5.96. The summed E-state index contributed by atoms with van der Waals surface area (Å²) in [5, 5.41) is 3.27. The summed E-state index contributed by atoms with van der Waals surface area (Å²) in [7, 11) is 1.84. The molecule has 1 aromatic heterocycles. The molecule has 39 heavy (non-hydrogen) atoms. The molecule has 3 heterocycles. The molecule has 2 aromatic rings. The van der Waals surface area contributed by atoms with Crippen molar-refractivity contribution in [2.45, 2.75) is 63.3 Å². The fourth-order valence-electron chi connectivity index (χ4n) is 6.90. The summed E-state index contributed by atoms with van der Waals surface area (Å²) in [4.78, 5) is 51.2. The van der Waals surface area contributed by atoms with Crippen LogP contribution in [-0.2, 0) is 4.79 Å². The van der Waals surface area contributed by atoms with Crippen LogP contribution in [0.5, 0.6) is 0 Å². The third kappa shape index (κ3) is 5.04. The van der Waals surface area contributed by atoms with Gasteiger partial charge in [0.05, 0.1) is 12.2 Å². The van der Waals surface area contributed by atoms with Crippen LogP contribution in [0.3, 0.4) is 0 Å². The maximum atomic E-state index is 12.5. The molecule has 2 aliphatic carbocycles. The van der Waals surface area contributed by atoms with Gasteiger partial charge in [-0.1, -0.05) is 12.1 Å². The Bertz CT molecular complexity index is 1260. The SMILES string of the molecule is CN1CCN([C@@H]2CCCN(c3cnc(C(N)=O)c(Nc4ccc(C5CCC6(CC5)CC(=O)C6)cc4)n3)C2)C1=O. The Hall–Kier alpha value is -3.69. The van der Waals surface area contributed by atoms with E-state index in [1.54, 1.807) is 11.1 Å². The molecule has 1 atom stereocenters. The van der Waals surface area contributed by atoms with E-state index >= 15 is 0 Å². The molecule has 4 aliphatic rings. The zero-order chi connectivity index (χ0) is 27.1. The Labute approximate surface area is 228 Å². The number of aromatic nitrogens is 2. The zero-order valence-electron chi connectivity index (χ0n) is 22.6. The van der Waals surface area contributed by atoms with E-state index in [9.17, 15) is 14.4 Å². The lowest BCUT2D eigenvalue weighted by molar-refractivity contribution is -0.134. The first-order chi connectivity index (χ1) is 18.8. The number of nitrogens with one attached hydrogen (secondary N) is 1. The average molecular weight is 532 g/mol. The number of benzene rings is 1. The van der Waals surface area contributed by atoms with Gasteiger partial charge < -0.3 is 25.8 Å². The second kappa shape index (κ2) is 10.1. The molecular weight excluding hydrogens is 494 g/mol. The van der Waals surface area contributed by atoms with Gasteiger partial charge in [-0.15, -0.1) is 0 Å². The highest BCUT2D eigenvalue weighted by Crippen LogP contribution is 2.52. The van der Waals surface area contributed by atoms with Crippen molar-refractivity contribution in [2.75, 3.05) is 43.4 Å². The number of carbonyl (C=O) groups is 3. The van der Waals surface area contributed by atoms with E-state index in [0.717, 1.165) is 76.7 Å². The molecular formula is C29H37N7O3. The quantitative estimate of drug-likeness (QED) is 0.583. The van der Waals surface area contributed by atoms with Crippen molar-refractivity contribution in [1.82, 2.24) is 19.8 Å². The maximum absolute atomic E-state index is 12.5. The largest absolute Gasteiger partial charge is 0.364 e. The standard InChI is InChI=1S/C29H37N7O3/c1-34-13-14-36(28(34)39)22-3-2-12-35(18-22)24-17-31-25(26(30)38)27(33-24)32-21-6-4-19(5-7-21)20-8-10-29(11-9-20)15-23(37)16-29/h4-7,17,20,22H,2-3,8-16,18H2,1H3,(H2,30,38)(H,32,33)/t22-/m1/s1. The highest BCUT2D eigenvalue weighted by Gasteiger charge is 2.45. The van der Waals surface area contributed by atoms with Crippen LogP contribution in [0.15, 0.2) is 30.5 Å². The minimum Gasteiger partial charge on any atom is -0.364 e. The molecule has 206 valence electrons. The second-order valence-electron chi connectivity index (χ2n) is 11.8. The van der Waals surface area contributed by atoms with E-state index in [1.165, 1.54) is 5.56 Å². The minimum absolute atomic E-state index is 0.0775. The molecule has 4 fully saturated rings. The van der Waals surface area contributed by atoms with Crippen LogP contribution in [0.1, 0.15) is 73.3 Å². The lowest BCUT2D eigenvalue weighted by Crippen LogP contribution is -2.49. The van der Waals surface area contributed by atoms with Crippen LogP contribution in [0.2, 0.25) is 0 Å². The van der Waals surface area contributed by atoms with E-state index in [2.05, 4.69) is 27.3 Å². The van der Waals surface area contributed by atoms with E-state index in [1.807, 2.05) is 24.1 Å². The van der Waals surface area contributed by atoms with Crippen LogP contribution >= 0.6 is 0 Å². The predicted octanol–water partition coefficient (Wildman–Crippen LogP) is 3.66. The third-order valence-corrected chi connectivity index (χ3v) is 9.24. The van der Waals surface area contributed by atoms with Gasteiger partial charge in [-0.2, -0.15) is 0 Å². The van der Waals surface area contributed by atoms with Crippen molar-refractivity contribution in [2.24, 2.45) is 11.1 Å². The number of anilines is 3. The van der Waals surface area contributed by atoms with E-state index in [4.69, 9.17) is 10.7 Å². The lowest BCUT2D eigenvalue weighted by atomic mass is 9.58. The van der Waals surface area contributed by atoms with Crippen molar-refractivity contribution in [1.29, 1.82) is 0 Å². The van der Waals surface area contributed by atoms with Gasteiger partial charge in [-0.3, -0.25) is 9.59 Å². The smallest absolute Gasteiger partial charge is 0.320 e. The van der Waals surface area contributed by atoms with Crippen LogP contribution < -0.4 is 16.0 Å². The number of urea groups is 1. The van der Waals surface area contributed by atoms with Crippen molar-refractivity contribution < 1.29 is 14.4 Å². The van der Waals surface area contributed by atoms with Crippen molar-refractivity contribution in [3.8, 4) is 0 Å². The molecule has 6 rings (SSSR count). The lowest BCUT2D eigenvalue weighted by Gasteiger charge is -2.45. The number of piperidine rings is 1. The van der Waals surface area contributed by atoms with Gasteiger partial charge in [0, 0.05) is 51.8 Å². The number of likely N-dealkylation sites (N-methyl/N-ethyl adjacent to an activating group) is 1. The number of hydrogen-bond donors (Lipinski definition) is 2. The Morgan fingerprint density at radius 3 is 2.44 bits per heavy atom. The third-order valence-electron chi connectivity index (χ3n) is 9.24. The molecule has 0 unspecified atom stereocenters. The summed E-state index contributed by atoms with van der Waals surface area (Å²) >= 11 is 0. The van der Waals surface area contributed by atoms with Gasteiger partial charge in [0.25, 0.3) is 5.91 Å². The van der Waals surface area contributed by atoms with Gasteiger partial charge in [0.15, 0.2) is 11.5 Å². The Morgan fingerprint density at radius 2 is 1.79 bits per heavy atom.